The lowest BCUT2D eigenvalue weighted by molar-refractivity contribution is -0.132. The first-order valence-corrected chi connectivity index (χ1v) is 8.65. The first kappa shape index (κ1) is 17.6. The number of rotatable bonds is 7. The summed E-state index contributed by atoms with van der Waals surface area (Å²) in [7, 11) is 0. The summed E-state index contributed by atoms with van der Waals surface area (Å²) in [4.78, 5) is 24.3. The molecule has 0 saturated carbocycles. The number of carbonyl (C=O) groups is 1. The Kier molecular flexibility index (Phi) is 5.45. The van der Waals surface area contributed by atoms with Crippen molar-refractivity contribution in [3.63, 3.8) is 0 Å². The normalized spacial score (nSPS) is 20.4. The maximum absolute atomic E-state index is 12.4. The zero-order valence-electron chi connectivity index (χ0n) is 14.6. The van der Waals surface area contributed by atoms with Gasteiger partial charge in [-0.15, -0.1) is 0 Å². The lowest BCUT2D eigenvalue weighted by Crippen LogP contribution is -2.46. The molecule has 0 unspecified atom stereocenters. The van der Waals surface area contributed by atoms with Gasteiger partial charge in [-0.25, -0.2) is 4.98 Å². The highest BCUT2D eigenvalue weighted by atomic mass is 16.3. The standard InChI is InChI=1S/C18H25N5O2/c1-2-21(11-16-3-6-19-7-4-16)13-18(25)5-9-23(14-18)17(24)12-22-10-8-20-15-22/h3-4,6-8,10,15,25H,2,5,9,11-14H2,1H3/t18-/m0/s1. The van der Waals surface area contributed by atoms with Crippen LogP contribution in [0.15, 0.2) is 43.2 Å². The number of likely N-dealkylation sites (tertiary alicyclic amines) is 1. The molecule has 0 bridgehead atoms. The Labute approximate surface area is 147 Å². The average molecular weight is 343 g/mol. The van der Waals surface area contributed by atoms with E-state index in [-0.39, 0.29) is 12.5 Å². The van der Waals surface area contributed by atoms with Crippen molar-refractivity contribution in [2.24, 2.45) is 0 Å². The molecule has 1 saturated heterocycles. The van der Waals surface area contributed by atoms with Crippen LogP contribution < -0.4 is 0 Å². The molecule has 1 atom stereocenters. The third-order valence-corrected chi connectivity index (χ3v) is 4.68. The summed E-state index contributed by atoms with van der Waals surface area (Å²) in [5.41, 5.74) is 0.319. The van der Waals surface area contributed by atoms with Crippen LogP contribution in [0.1, 0.15) is 18.9 Å². The Morgan fingerprint density at radius 3 is 2.80 bits per heavy atom. The number of hydrogen-bond donors (Lipinski definition) is 1. The molecule has 2 aromatic rings. The SMILES string of the molecule is CCN(Cc1ccncc1)C[C@@]1(O)CCN(C(=O)Cn2ccnc2)C1. The van der Waals surface area contributed by atoms with Gasteiger partial charge in [-0.2, -0.15) is 0 Å². The molecule has 1 N–H and O–H groups in total. The molecule has 134 valence electrons. The zero-order valence-corrected chi connectivity index (χ0v) is 14.6. The average Bonchev–Trinajstić information content (AvgIpc) is 3.25. The molecule has 3 heterocycles. The van der Waals surface area contributed by atoms with Crippen LogP contribution in [0.2, 0.25) is 0 Å². The van der Waals surface area contributed by atoms with Crippen LogP contribution in [0.25, 0.3) is 0 Å². The van der Waals surface area contributed by atoms with Gasteiger partial charge in [0.25, 0.3) is 0 Å². The monoisotopic (exact) mass is 343 g/mol. The zero-order chi connectivity index (χ0) is 17.7. The number of nitrogens with zero attached hydrogens (tertiary/aromatic N) is 5. The first-order chi connectivity index (χ1) is 12.1. The van der Waals surface area contributed by atoms with Crippen molar-refractivity contribution < 1.29 is 9.90 Å². The molecule has 1 amide bonds. The third-order valence-electron chi connectivity index (χ3n) is 4.68. The first-order valence-electron chi connectivity index (χ1n) is 8.65. The second-order valence-electron chi connectivity index (χ2n) is 6.68. The summed E-state index contributed by atoms with van der Waals surface area (Å²) in [5, 5.41) is 10.9. The molecule has 1 aliphatic rings. The lowest BCUT2D eigenvalue weighted by atomic mass is 10.0. The van der Waals surface area contributed by atoms with Gasteiger partial charge in [-0.05, 0) is 30.7 Å². The van der Waals surface area contributed by atoms with Crippen molar-refractivity contribution in [1.82, 2.24) is 24.3 Å². The predicted molar refractivity (Wildman–Crippen MR) is 93.6 cm³/mol. The van der Waals surface area contributed by atoms with Gasteiger partial charge >= 0.3 is 0 Å². The van der Waals surface area contributed by atoms with Gasteiger partial charge in [0.2, 0.25) is 5.91 Å². The molecular formula is C18H25N5O2. The smallest absolute Gasteiger partial charge is 0.242 e. The Morgan fingerprint density at radius 2 is 2.12 bits per heavy atom. The number of carbonyl (C=O) groups excluding carboxylic acids is 1. The van der Waals surface area contributed by atoms with E-state index in [1.165, 1.54) is 5.56 Å². The second-order valence-corrected chi connectivity index (χ2v) is 6.68. The summed E-state index contributed by atoms with van der Waals surface area (Å²) in [6, 6.07) is 3.98. The molecule has 3 rings (SSSR count). The molecule has 0 aromatic carbocycles. The minimum Gasteiger partial charge on any atom is -0.387 e. The van der Waals surface area contributed by atoms with Crippen molar-refractivity contribution >= 4 is 5.91 Å². The van der Waals surface area contributed by atoms with Gasteiger partial charge in [-0.1, -0.05) is 6.92 Å². The van der Waals surface area contributed by atoms with E-state index in [1.807, 2.05) is 12.1 Å². The highest BCUT2D eigenvalue weighted by Crippen LogP contribution is 2.23. The number of aromatic nitrogens is 3. The summed E-state index contributed by atoms with van der Waals surface area (Å²) in [6.45, 7) is 5.49. The molecule has 2 aromatic heterocycles. The highest BCUT2D eigenvalue weighted by molar-refractivity contribution is 5.76. The topological polar surface area (TPSA) is 74.5 Å². The van der Waals surface area contributed by atoms with Crippen LogP contribution >= 0.6 is 0 Å². The Balaban J connectivity index is 1.55. The molecule has 0 aliphatic carbocycles. The van der Waals surface area contributed by atoms with Crippen molar-refractivity contribution in [2.45, 2.75) is 32.0 Å². The molecule has 0 radical (unpaired) electrons. The van der Waals surface area contributed by atoms with Crippen LogP contribution in [-0.2, 0) is 17.9 Å². The highest BCUT2D eigenvalue weighted by Gasteiger charge is 2.39. The fourth-order valence-electron chi connectivity index (χ4n) is 3.28. The summed E-state index contributed by atoms with van der Waals surface area (Å²) < 4.78 is 1.75. The van der Waals surface area contributed by atoms with E-state index in [1.54, 1.807) is 40.6 Å². The largest absolute Gasteiger partial charge is 0.387 e. The predicted octanol–water partition coefficient (Wildman–Crippen LogP) is 0.764. The lowest BCUT2D eigenvalue weighted by Gasteiger charge is -2.30. The molecule has 1 fully saturated rings. The number of pyridine rings is 1. The molecular weight excluding hydrogens is 318 g/mol. The maximum atomic E-state index is 12.4. The summed E-state index contributed by atoms with van der Waals surface area (Å²) >= 11 is 0. The van der Waals surface area contributed by atoms with E-state index in [2.05, 4.69) is 21.8 Å². The van der Waals surface area contributed by atoms with Crippen LogP contribution in [0, 0.1) is 0 Å². The van der Waals surface area contributed by atoms with Gasteiger partial charge in [0.1, 0.15) is 6.54 Å². The Bertz CT molecular complexity index is 676. The molecule has 7 heteroatoms. The number of aliphatic hydroxyl groups is 1. The molecule has 25 heavy (non-hydrogen) atoms. The van der Waals surface area contributed by atoms with Crippen LogP contribution in [0.4, 0.5) is 0 Å². The second kappa shape index (κ2) is 7.76. The number of hydrogen-bond acceptors (Lipinski definition) is 5. The summed E-state index contributed by atoms with van der Waals surface area (Å²) in [6.07, 6.45) is 9.23. The van der Waals surface area contributed by atoms with Crippen LogP contribution in [0.5, 0.6) is 0 Å². The van der Waals surface area contributed by atoms with Gasteiger partial charge < -0.3 is 14.6 Å². The van der Waals surface area contributed by atoms with Crippen molar-refractivity contribution in [2.75, 3.05) is 26.2 Å². The quantitative estimate of drug-likeness (QED) is 0.804. The van der Waals surface area contributed by atoms with Crippen molar-refractivity contribution in [1.29, 1.82) is 0 Å². The number of β-amino-alcohol motifs (C(OH)–C–C–N with tert-alkyl or cyclic N) is 1. The van der Waals surface area contributed by atoms with E-state index < -0.39 is 5.60 Å². The third kappa shape index (κ3) is 4.64. The van der Waals surface area contributed by atoms with Crippen LogP contribution in [0.3, 0.4) is 0 Å². The minimum absolute atomic E-state index is 0.0195. The van der Waals surface area contributed by atoms with Gasteiger partial charge in [0, 0.05) is 44.4 Å². The van der Waals surface area contributed by atoms with Crippen LogP contribution in [-0.4, -0.2) is 67.1 Å². The Morgan fingerprint density at radius 1 is 1.32 bits per heavy atom. The van der Waals surface area contributed by atoms with E-state index in [9.17, 15) is 9.90 Å². The van der Waals surface area contributed by atoms with Gasteiger partial charge in [-0.3, -0.25) is 14.7 Å². The van der Waals surface area contributed by atoms with E-state index in [0.29, 0.717) is 26.1 Å². The fourth-order valence-corrected chi connectivity index (χ4v) is 3.28. The summed E-state index contributed by atoms with van der Waals surface area (Å²) in [5.74, 6) is 0.0195. The number of amides is 1. The van der Waals surface area contributed by atoms with Crippen molar-refractivity contribution in [3.05, 3.63) is 48.8 Å². The molecule has 7 nitrogen and oxygen atoms in total. The minimum atomic E-state index is -0.854. The van der Waals surface area contributed by atoms with Gasteiger partial charge in [0.05, 0.1) is 18.5 Å². The van der Waals surface area contributed by atoms with E-state index in [0.717, 1.165) is 13.1 Å². The van der Waals surface area contributed by atoms with Gasteiger partial charge in [0.15, 0.2) is 0 Å². The molecule has 0 spiro atoms. The molecule has 1 aliphatic heterocycles. The fraction of sp³-hybridized carbons (Fsp3) is 0.500. The number of imidazole rings is 1. The number of likely N-dealkylation sites (N-methyl/N-ethyl adjacent to an activating group) is 1. The van der Waals surface area contributed by atoms with E-state index in [4.69, 9.17) is 0 Å². The van der Waals surface area contributed by atoms with E-state index >= 15 is 0 Å². The van der Waals surface area contributed by atoms with Crippen molar-refractivity contribution in [3.8, 4) is 0 Å². The maximum Gasteiger partial charge on any atom is 0.242 e. The Hall–Kier alpha value is -2.25.